The Labute approximate surface area is 185 Å². The number of hydrogen-bond acceptors (Lipinski definition) is 4. The van der Waals surface area contributed by atoms with Crippen LogP contribution in [0.15, 0.2) is 30.3 Å². The van der Waals surface area contributed by atoms with Crippen LogP contribution in [0.25, 0.3) is 0 Å². The summed E-state index contributed by atoms with van der Waals surface area (Å²) in [4.78, 5) is 23.0. The van der Waals surface area contributed by atoms with Crippen LogP contribution in [0.2, 0.25) is 0 Å². The number of Topliss-reactive ketones (excluding diaryl/α,β-unsaturated/α-hetero) is 1. The molecule has 4 nitrogen and oxygen atoms in total. The van der Waals surface area contributed by atoms with E-state index >= 15 is 0 Å². The molecule has 0 bridgehead atoms. The number of rotatable bonds is 13. The van der Waals surface area contributed by atoms with Crippen LogP contribution in [0.5, 0.6) is 0 Å². The highest BCUT2D eigenvalue weighted by Crippen LogP contribution is 2.42. The fraction of sp³-hybridized carbons (Fsp3) is 0.680. The monoisotopic (exact) mass is 434 g/mol. The van der Waals surface area contributed by atoms with Crippen LogP contribution in [0.4, 0.5) is 0 Å². The molecule has 0 amide bonds. The van der Waals surface area contributed by atoms with E-state index < -0.39 is 11.6 Å². The Bertz CT molecular complexity index is 684. The normalized spacial score (nSPS) is 21.5. The molecule has 0 radical (unpaired) electrons. The lowest BCUT2D eigenvalue weighted by Crippen LogP contribution is -2.46. The predicted octanol–water partition coefficient (Wildman–Crippen LogP) is 5.51. The average Bonchev–Trinajstić information content (AvgIpc) is 3.03. The number of ketones is 1. The first-order valence-corrected chi connectivity index (χ1v) is 12.3. The molecule has 0 heterocycles. The second kappa shape index (κ2) is 11.3. The zero-order valence-corrected chi connectivity index (χ0v) is 19.5. The molecule has 5 heteroatoms. The van der Waals surface area contributed by atoms with E-state index in [0.717, 1.165) is 38.5 Å². The summed E-state index contributed by atoms with van der Waals surface area (Å²) in [5, 5.41) is 20.3. The first-order valence-electron chi connectivity index (χ1n) is 11.2. The summed E-state index contributed by atoms with van der Waals surface area (Å²) in [6.45, 7) is 6.17. The van der Waals surface area contributed by atoms with Crippen LogP contribution in [-0.2, 0) is 16.0 Å². The van der Waals surface area contributed by atoms with Gasteiger partial charge in [-0.3, -0.25) is 9.59 Å². The second-order valence-electron chi connectivity index (χ2n) is 9.63. The van der Waals surface area contributed by atoms with Crippen molar-refractivity contribution in [3.8, 4) is 0 Å². The fourth-order valence-corrected chi connectivity index (χ4v) is 5.91. The highest BCUT2D eigenvalue weighted by atomic mass is 32.2. The summed E-state index contributed by atoms with van der Waals surface area (Å²) in [5.41, 5.74) is 0.119. The van der Waals surface area contributed by atoms with E-state index in [4.69, 9.17) is 5.11 Å². The van der Waals surface area contributed by atoms with Gasteiger partial charge in [-0.25, -0.2) is 0 Å². The number of benzene rings is 1. The van der Waals surface area contributed by atoms with Crippen molar-refractivity contribution >= 4 is 23.5 Å². The van der Waals surface area contributed by atoms with Gasteiger partial charge in [0.25, 0.3) is 0 Å². The van der Waals surface area contributed by atoms with Gasteiger partial charge < -0.3 is 10.2 Å². The van der Waals surface area contributed by atoms with Crippen LogP contribution in [0.3, 0.4) is 0 Å². The molecule has 1 saturated carbocycles. The molecule has 30 heavy (non-hydrogen) atoms. The summed E-state index contributed by atoms with van der Waals surface area (Å²) in [5.74, 6) is 0.336. The number of carbonyl (C=O) groups excluding carboxylic acids is 1. The van der Waals surface area contributed by atoms with E-state index in [9.17, 15) is 14.7 Å². The molecular formula is C25H38O4S. The maximum Gasteiger partial charge on any atom is 0.303 e. The van der Waals surface area contributed by atoms with Gasteiger partial charge in [0.2, 0.25) is 0 Å². The third-order valence-electron chi connectivity index (χ3n) is 6.72. The summed E-state index contributed by atoms with van der Waals surface area (Å²) in [7, 11) is 0. The number of unbranched alkanes of at least 4 members (excludes halogenated alkanes) is 3. The molecule has 3 unspecified atom stereocenters. The Morgan fingerprint density at radius 3 is 2.43 bits per heavy atom. The second-order valence-corrected chi connectivity index (χ2v) is 10.9. The van der Waals surface area contributed by atoms with Crippen molar-refractivity contribution in [1.29, 1.82) is 0 Å². The number of aliphatic hydroxyl groups is 1. The van der Waals surface area contributed by atoms with Crippen LogP contribution < -0.4 is 0 Å². The topological polar surface area (TPSA) is 74.6 Å². The molecule has 1 aromatic rings. The van der Waals surface area contributed by atoms with Gasteiger partial charge in [-0.2, -0.15) is 11.8 Å². The Morgan fingerprint density at radius 2 is 1.77 bits per heavy atom. The Balaban J connectivity index is 1.83. The quantitative estimate of drug-likeness (QED) is 0.400. The Morgan fingerprint density at radius 1 is 1.10 bits per heavy atom. The van der Waals surface area contributed by atoms with Crippen LogP contribution >= 0.6 is 11.8 Å². The van der Waals surface area contributed by atoms with Gasteiger partial charge >= 0.3 is 5.97 Å². The van der Waals surface area contributed by atoms with Gasteiger partial charge in [0.15, 0.2) is 0 Å². The van der Waals surface area contributed by atoms with Gasteiger partial charge in [-0.15, -0.1) is 0 Å². The van der Waals surface area contributed by atoms with Crippen molar-refractivity contribution in [2.45, 2.75) is 89.4 Å². The third-order valence-corrected chi connectivity index (χ3v) is 8.44. The summed E-state index contributed by atoms with van der Waals surface area (Å²) >= 11 is 1.76. The highest BCUT2D eigenvalue weighted by molar-refractivity contribution is 8.00. The van der Waals surface area contributed by atoms with E-state index in [-0.39, 0.29) is 23.0 Å². The van der Waals surface area contributed by atoms with Crippen molar-refractivity contribution in [1.82, 2.24) is 0 Å². The van der Waals surface area contributed by atoms with Gasteiger partial charge in [-0.1, -0.05) is 63.4 Å². The highest BCUT2D eigenvalue weighted by Gasteiger charge is 2.42. The van der Waals surface area contributed by atoms with E-state index in [1.54, 1.807) is 11.8 Å². The fourth-order valence-electron chi connectivity index (χ4n) is 4.18. The Hall–Kier alpha value is -1.33. The number of carboxylic acids is 1. The minimum atomic E-state index is -0.833. The molecule has 1 aliphatic carbocycles. The van der Waals surface area contributed by atoms with Gasteiger partial charge in [-0.05, 0) is 43.6 Å². The van der Waals surface area contributed by atoms with E-state index in [0.29, 0.717) is 24.4 Å². The van der Waals surface area contributed by atoms with Crippen LogP contribution in [-0.4, -0.2) is 38.6 Å². The maximum atomic E-state index is 12.4. The van der Waals surface area contributed by atoms with E-state index in [2.05, 4.69) is 26.0 Å². The number of thioether (sulfide) groups is 1. The lowest BCUT2D eigenvalue weighted by Gasteiger charge is -2.41. The number of carbonyl (C=O) groups is 2. The Kier molecular flexibility index (Phi) is 9.42. The number of aliphatic carboxylic acids is 1. The van der Waals surface area contributed by atoms with Crippen molar-refractivity contribution in [3.63, 3.8) is 0 Å². The van der Waals surface area contributed by atoms with Gasteiger partial charge in [0.05, 0.1) is 5.60 Å². The van der Waals surface area contributed by atoms with E-state index in [1.165, 1.54) is 5.56 Å². The largest absolute Gasteiger partial charge is 0.481 e. The zero-order valence-electron chi connectivity index (χ0n) is 18.7. The molecule has 0 saturated heterocycles. The van der Waals surface area contributed by atoms with Crippen molar-refractivity contribution in [2.24, 2.45) is 11.3 Å². The summed E-state index contributed by atoms with van der Waals surface area (Å²) in [6, 6.07) is 10.3. The van der Waals surface area contributed by atoms with Crippen LogP contribution in [0, 0.1) is 11.3 Å². The smallest absolute Gasteiger partial charge is 0.303 e. The number of carboxylic acid groups (broad SMARTS) is 1. The van der Waals surface area contributed by atoms with Crippen molar-refractivity contribution in [3.05, 3.63) is 35.9 Å². The predicted molar refractivity (Wildman–Crippen MR) is 124 cm³/mol. The van der Waals surface area contributed by atoms with Crippen LogP contribution in [0.1, 0.15) is 77.7 Å². The molecule has 2 rings (SSSR count). The first kappa shape index (κ1) is 24.9. The summed E-state index contributed by atoms with van der Waals surface area (Å²) in [6.07, 6.45) is 7.07. The van der Waals surface area contributed by atoms with Gasteiger partial charge in [0.1, 0.15) is 5.78 Å². The van der Waals surface area contributed by atoms with Crippen molar-refractivity contribution in [2.75, 3.05) is 5.75 Å². The maximum absolute atomic E-state index is 12.4. The lowest BCUT2D eigenvalue weighted by atomic mass is 9.73. The molecule has 1 fully saturated rings. The third kappa shape index (κ3) is 7.42. The van der Waals surface area contributed by atoms with Gasteiger partial charge in [0, 0.05) is 29.8 Å². The molecule has 3 atom stereocenters. The molecule has 2 N–H and O–H groups in total. The molecule has 0 spiro atoms. The first-order chi connectivity index (χ1) is 14.1. The molecule has 1 aromatic carbocycles. The SMILES string of the molecule is CC(C)(Cc1ccccc1)C(C)(O)CSC1CCC(=O)C1CCCCCCC(=O)O. The van der Waals surface area contributed by atoms with E-state index in [1.807, 2.05) is 25.1 Å². The molecule has 168 valence electrons. The number of hydrogen-bond donors (Lipinski definition) is 2. The lowest BCUT2D eigenvalue weighted by molar-refractivity contribution is -0.137. The molecular weight excluding hydrogens is 396 g/mol. The zero-order chi connectivity index (χ0) is 22.2. The molecule has 1 aliphatic rings. The minimum absolute atomic E-state index is 0.0857. The summed E-state index contributed by atoms with van der Waals surface area (Å²) < 4.78 is 0. The van der Waals surface area contributed by atoms with Crippen molar-refractivity contribution < 1.29 is 19.8 Å². The average molecular weight is 435 g/mol. The molecule has 0 aromatic heterocycles. The molecule has 0 aliphatic heterocycles. The minimum Gasteiger partial charge on any atom is -0.481 e. The standard InChI is InChI=1S/C25H38O4S/c1-24(2,17-19-11-7-6-8-12-19)25(3,29)18-30-22-16-15-21(26)20(22)13-9-4-5-10-14-23(27)28/h6-8,11-12,20,22,29H,4-5,9-10,13-18H2,1-3H3,(H,27,28).